The van der Waals surface area contributed by atoms with Gasteiger partial charge in [-0.25, -0.2) is 9.97 Å². The van der Waals surface area contributed by atoms with E-state index in [9.17, 15) is 0 Å². The lowest BCUT2D eigenvalue weighted by Gasteiger charge is -2.05. The van der Waals surface area contributed by atoms with Crippen LogP contribution in [0.25, 0.3) is 10.2 Å². The summed E-state index contributed by atoms with van der Waals surface area (Å²) in [7, 11) is 0. The van der Waals surface area contributed by atoms with Gasteiger partial charge in [0.1, 0.15) is 10.6 Å². The number of hydrogen-bond acceptors (Lipinski definition) is 7. The molecule has 0 bridgehead atoms. The Labute approximate surface area is 124 Å². The number of aryl methyl sites for hydroxylation is 2. The summed E-state index contributed by atoms with van der Waals surface area (Å²) in [4.78, 5) is 14.7. The molecule has 0 spiro atoms. The van der Waals surface area contributed by atoms with Crippen molar-refractivity contribution in [2.24, 2.45) is 0 Å². The lowest BCUT2D eigenvalue weighted by Crippen LogP contribution is -2.08. The van der Waals surface area contributed by atoms with Gasteiger partial charge in [0.25, 0.3) is 0 Å². The first kappa shape index (κ1) is 13.3. The van der Waals surface area contributed by atoms with Gasteiger partial charge in [-0.1, -0.05) is 5.16 Å². The number of halogens is 1. The molecule has 0 saturated carbocycles. The van der Waals surface area contributed by atoms with Crippen LogP contribution >= 0.6 is 22.9 Å². The van der Waals surface area contributed by atoms with E-state index in [-0.39, 0.29) is 5.28 Å². The van der Waals surface area contributed by atoms with E-state index in [1.54, 1.807) is 18.3 Å². The number of fused-ring (bicyclic) bond motifs is 1. The number of hydrogen-bond donors (Lipinski definition) is 1. The van der Waals surface area contributed by atoms with E-state index in [1.165, 1.54) is 4.88 Å². The highest BCUT2D eigenvalue weighted by atomic mass is 35.5. The highest BCUT2D eigenvalue weighted by Crippen LogP contribution is 2.29. The third kappa shape index (κ3) is 2.73. The van der Waals surface area contributed by atoms with Crippen LogP contribution in [0.3, 0.4) is 0 Å². The largest absolute Gasteiger partial charge is 0.369 e. The van der Waals surface area contributed by atoms with Crippen molar-refractivity contribution in [1.29, 1.82) is 0 Å². The van der Waals surface area contributed by atoms with Gasteiger partial charge in [0.05, 0.1) is 5.39 Å². The summed E-state index contributed by atoms with van der Waals surface area (Å²) in [5.74, 6) is 1.98. The SMILES string of the molecule is Cc1nc(CCNc2nc(Cl)nc3sc(C)cc23)no1. The van der Waals surface area contributed by atoms with Gasteiger partial charge in [0, 0.05) is 24.8 Å². The third-order valence-electron chi connectivity index (χ3n) is 2.70. The van der Waals surface area contributed by atoms with Crippen LogP contribution in [0.1, 0.15) is 16.6 Å². The van der Waals surface area contributed by atoms with E-state index in [1.807, 2.05) is 6.92 Å². The van der Waals surface area contributed by atoms with Crippen molar-refractivity contribution in [3.8, 4) is 0 Å². The second-order valence-electron chi connectivity index (χ2n) is 4.32. The van der Waals surface area contributed by atoms with Crippen LogP contribution < -0.4 is 5.32 Å². The predicted molar refractivity (Wildman–Crippen MR) is 78.4 cm³/mol. The molecule has 3 heterocycles. The Morgan fingerprint density at radius 2 is 2.15 bits per heavy atom. The fraction of sp³-hybridized carbons (Fsp3) is 0.333. The minimum Gasteiger partial charge on any atom is -0.369 e. The van der Waals surface area contributed by atoms with Gasteiger partial charge in [-0.3, -0.25) is 0 Å². The Balaban J connectivity index is 1.76. The molecule has 0 amide bonds. The maximum atomic E-state index is 5.94. The first-order chi connectivity index (χ1) is 9.61. The van der Waals surface area contributed by atoms with Crippen LogP contribution in [0.5, 0.6) is 0 Å². The minimum absolute atomic E-state index is 0.247. The zero-order chi connectivity index (χ0) is 14.1. The van der Waals surface area contributed by atoms with Crippen molar-refractivity contribution in [1.82, 2.24) is 20.1 Å². The molecule has 0 aliphatic rings. The maximum Gasteiger partial charge on any atom is 0.225 e. The highest BCUT2D eigenvalue weighted by Gasteiger charge is 2.10. The average molecular weight is 310 g/mol. The molecule has 0 aliphatic heterocycles. The molecule has 3 aromatic heterocycles. The van der Waals surface area contributed by atoms with E-state index in [4.69, 9.17) is 16.1 Å². The molecule has 3 rings (SSSR count). The van der Waals surface area contributed by atoms with Crippen molar-refractivity contribution in [3.05, 3.63) is 27.9 Å². The monoisotopic (exact) mass is 309 g/mol. The summed E-state index contributed by atoms with van der Waals surface area (Å²) in [6.45, 7) is 4.45. The zero-order valence-electron chi connectivity index (χ0n) is 11.0. The molecule has 1 N–H and O–H groups in total. The standard InChI is InChI=1S/C12H12ClN5OS/c1-6-5-8-10(16-12(13)17-11(8)20-6)14-4-3-9-15-7(2)19-18-9/h5H,3-4H2,1-2H3,(H,14,16,17). The van der Waals surface area contributed by atoms with E-state index in [0.29, 0.717) is 24.7 Å². The molecule has 0 aromatic carbocycles. The zero-order valence-corrected chi connectivity index (χ0v) is 12.5. The Morgan fingerprint density at radius 1 is 1.30 bits per heavy atom. The van der Waals surface area contributed by atoms with Gasteiger partial charge in [0.2, 0.25) is 11.2 Å². The molecule has 0 unspecified atom stereocenters. The lowest BCUT2D eigenvalue weighted by molar-refractivity contribution is 0.387. The Bertz CT molecular complexity index is 753. The molecular formula is C12H12ClN5OS. The smallest absolute Gasteiger partial charge is 0.225 e. The predicted octanol–water partition coefficient (Wildman–Crippen LogP) is 3.00. The van der Waals surface area contributed by atoms with Gasteiger partial charge in [0.15, 0.2) is 5.82 Å². The highest BCUT2D eigenvalue weighted by molar-refractivity contribution is 7.18. The number of nitrogens with zero attached hydrogens (tertiary/aromatic N) is 4. The quantitative estimate of drug-likeness (QED) is 0.747. The molecule has 0 atom stereocenters. The fourth-order valence-corrected chi connectivity index (χ4v) is 2.98. The van der Waals surface area contributed by atoms with E-state index >= 15 is 0 Å². The summed E-state index contributed by atoms with van der Waals surface area (Å²) >= 11 is 7.54. The lowest BCUT2D eigenvalue weighted by atomic mass is 10.3. The molecule has 6 nitrogen and oxygen atoms in total. The van der Waals surface area contributed by atoms with Crippen molar-refractivity contribution in [2.75, 3.05) is 11.9 Å². The van der Waals surface area contributed by atoms with Gasteiger partial charge >= 0.3 is 0 Å². The first-order valence-electron chi connectivity index (χ1n) is 6.08. The molecule has 20 heavy (non-hydrogen) atoms. The van der Waals surface area contributed by atoms with Crippen LogP contribution in [-0.4, -0.2) is 26.7 Å². The third-order valence-corrected chi connectivity index (χ3v) is 3.81. The van der Waals surface area contributed by atoms with Gasteiger partial charge in [-0.15, -0.1) is 11.3 Å². The van der Waals surface area contributed by atoms with Crippen LogP contribution in [0, 0.1) is 13.8 Å². The van der Waals surface area contributed by atoms with Crippen LogP contribution in [-0.2, 0) is 6.42 Å². The molecule has 104 valence electrons. The summed E-state index contributed by atoms with van der Waals surface area (Å²) in [5.41, 5.74) is 0. The number of anilines is 1. The van der Waals surface area contributed by atoms with Gasteiger partial charge < -0.3 is 9.84 Å². The van der Waals surface area contributed by atoms with Crippen molar-refractivity contribution < 1.29 is 4.52 Å². The first-order valence-corrected chi connectivity index (χ1v) is 7.28. The molecule has 0 fully saturated rings. The van der Waals surface area contributed by atoms with Crippen LogP contribution in [0.15, 0.2) is 10.6 Å². The summed E-state index contributed by atoms with van der Waals surface area (Å²) in [6.07, 6.45) is 0.656. The molecule has 3 aromatic rings. The van der Waals surface area contributed by atoms with Crippen LogP contribution in [0.2, 0.25) is 5.28 Å². The number of rotatable bonds is 4. The van der Waals surface area contributed by atoms with E-state index in [0.717, 1.165) is 16.0 Å². The van der Waals surface area contributed by atoms with E-state index < -0.39 is 0 Å². The van der Waals surface area contributed by atoms with Crippen LogP contribution in [0.4, 0.5) is 5.82 Å². The molecule has 0 saturated heterocycles. The second-order valence-corrected chi connectivity index (χ2v) is 5.90. The molecular weight excluding hydrogens is 298 g/mol. The van der Waals surface area contributed by atoms with Crippen molar-refractivity contribution in [2.45, 2.75) is 20.3 Å². The summed E-state index contributed by atoms with van der Waals surface area (Å²) in [5, 5.41) is 8.33. The van der Waals surface area contributed by atoms with Gasteiger partial charge in [-0.05, 0) is 24.6 Å². The topological polar surface area (TPSA) is 76.7 Å². The fourth-order valence-electron chi connectivity index (χ4n) is 1.89. The number of thiophene rings is 1. The van der Waals surface area contributed by atoms with E-state index in [2.05, 4.69) is 31.5 Å². The number of aromatic nitrogens is 4. The average Bonchev–Trinajstić information content (AvgIpc) is 2.94. The minimum atomic E-state index is 0.247. The Morgan fingerprint density at radius 3 is 2.90 bits per heavy atom. The number of nitrogens with one attached hydrogen (secondary N) is 1. The maximum absolute atomic E-state index is 5.94. The second kappa shape index (κ2) is 5.34. The summed E-state index contributed by atoms with van der Waals surface area (Å²) in [6, 6.07) is 2.05. The Hall–Kier alpha value is -1.73. The summed E-state index contributed by atoms with van der Waals surface area (Å²) < 4.78 is 4.93. The Kier molecular flexibility index (Phi) is 3.54. The molecule has 0 aliphatic carbocycles. The normalized spacial score (nSPS) is 11.2. The molecule has 8 heteroatoms. The van der Waals surface area contributed by atoms with Crippen molar-refractivity contribution >= 4 is 39.0 Å². The van der Waals surface area contributed by atoms with Crippen molar-refractivity contribution in [3.63, 3.8) is 0 Å². The molecule has 0 radical (unpaired) electrons. The van der Waals surface area contributed by atoms with Gasteiger partial charge in [-0.2, -0.15) is 4.98 Å².